The third-order valence-corrected chi connectivity index (χ3v) is 5.37. The summed E-state index contributed by atoms with van der Waals surface area (Å²) in [5, 5.41) is 0. The van der Waals surface area contributed by atoms with Crippen molar-refractivity contribution in [2.24, 2.45) is 5.92 Å². The SMILES string of the molecule is COc1cccc(CCC(=O)N2CCC(C(=O)c3ccccc3)CC2)c1OC. The van der Waals surface area contributed by atoms with Crippen LogP contribution in [0.2, 0.25) is 0 Å². The van der Waals surface area contributed by atoms with Gasteiger partial charge in [0.15, 0.2) is 17.3 Å². The maximum Gasteiger partial charge on any atom is 0.222 e. The molecule has 28 heavy (non-hydrogen) atoms. The largest absolute Gasteiger partial charge is 0.493 e. The van der Waals surface area contributed by atoms with E-state index >= 15 is 0 Å². The molecule has 148 valence electrons. The molecule has 0 saturated carbocycles. The molecule has 2 aromatic carbocycles. The number of piperidine rings is 1. The van der Waals surface area contributed by atoms with Gasteiger partial charge in [-0.15, -0.1) is 0 Å². The Bertz CT molecular complexity index is 811. The van der Waals surface area contributed by atoms with E-state index in [1.54, 1.807) is 14.2 Å². The van der Waals surface area contributed by atoms with E-state index in [2.05, 4.69) is 0 Å². The lowest BCUT2D eigenvalue weighted by Crippen LogP contribution is -2.40. The molecule has 1 aliphatic heterocycles. The van der Waals surface area contributed by atoms with Gasteiger partial charge in [0.25, 0.3) is 0 Å². The first kappa shape index (κ1) is 19.9. The number of ether oxygens (including phenoxy) is 2. The van der Waals surface area contributed by atoms with E-state index in [1.165, 1.54) is 0 Å². The molecule has 2 aromatic rings. The van der Waals surface area contributed by atoms with Crippen LogP contribution in [-0.2, 0) is 11.2 Å². The van der Waals surface area contributed by atoms with E-state index in [1.807, 2.05) is 53.4 Å². The molecule has 1 amide bonds. The molecule has 5 heteroatoms. The number of aryl methyl sites for hydroxylation is 1. The first-order valence-electron chi connectivity index (χ1n) is 9.71. The van der Waals surface area contributed by atoms with Crippen molar-refractivity contribution in [3.05, 3.63) is 59.7 Å². The third-order valence-electron chi connectivity index (χ3n) is 5.37. The van der Waals surface area contributed by atoms with Gasteiger partial charge in [0.1, 0.15) is 0 Å². The van der Waals surface area contributed by atoms with Gasteiger partial charge in [0, 0.05) is 31.0 Å². The number of para-hydroxylation sites is 1. The molecule has 1 heterocycles. The summed E-state index contributed by atoms with van der Waals surface area (Å²) in [7, 11) is 3.21. The fourth-order valence-corrected chi connectivity index (χ4v) is 3.78. The van der Waals surface area contributed by atoms with Crippen molar-refractivity contribution in [3.8, 4) is 11.5 Å². The highest BCUT2D eigenvalue weighted by Gasteiger charge is 2.27. The van der Waals surface area contributed by atoms with E-state index in [9.17, 15) is 9.59 Å². The molecule has 1 aliphatic rings. The highest BCUT2D eigenvalue weighted by atomic mass is 16.5. The predicted molar refractivity (Wildman–Crippen MR) is 108 cm³/mol. The molecule has 0 N–H and O–H groups in total. The van der Waals surface area contributed by atoms with Crippen LogP contribution in [0.1, 0.15) is 35.2 Å². The standard InChI is InChI=1S/C23H27NO4/c1-27-20-10-6-9-19(23(20)28-2)11-12-21(25)24-15-13-18(14-16-24)22(26)17-7-4-3-5-8-17/h3-10,18H,11-16H2,1-2H3. The molecule has 0 unspecified atom stereocenters. The summed E-state index contributed by atoms with van der Waals surface area (Å²) in [5.41, 5.74) is 1.72. The van der Waals surface area contributed by atoms with Crippen molar-refractivity contribution < 1.29 is 19.1 Å². The molecule has 1 saturated heterocycles. The third kappa shape index (κ3) is 4.53. The maximum atomic E-state index is 12.6. The normalized spacial score (nSPS) is 14.6. The first-order valence-corrected chi connectivity index (χ1v) is 9.71. The second kappa shape index (κ2) is 9.40. The quantitative estimate of drug-likeness (QED) is 0.686. The number of hydrogen-bond donors (Lipinski definition) is 0. The highest BCUT2D eigenvalue weighted by Crippen LogP contribution is 2.31. The Labute approximate surface area is 166 Å². The summed E-state index contributed by atoms with van der Waals surface area (Å²) in [6.45, 7) is 1.27. The lowest BCUT2D eigenvalue weighted by molar-refractivity contribution is -0.132. The van der Waals surface area contributed by atoms with Gasteiger partial charge in [-0.25, -0.2) is 0 Å². The zero-order valence-corrected chi connectivity index (χ0v) is 16.5. The van der Waals surface area contributed by atoms with Crippen LogP contribution in [0.25, 0.3) is 0 Å². The molecule has 0 aromatic heterocycles. The van der Waals surface area contributed by atoms with Crippen molar-refractivity contribution in [1.82, 2.24) is 4.90 Å². The fourth-order valence-electron chi connectivity index (χ4n) is 3.78. The van der Waals surface area contributed by atoms with Crippen molar-refractivity contribution >= 4 is 11.7 Å². The first-order chi connectivity index (χ1) is 13.6. The summed E-state index contributed by atoms with van der Waals surface area (Å²) in [4.78, 5) is 27.1. The number of methoxy groups -OCH3 is 2. The summed E-state index contributed by atoms with van der Waals surface area (Å²) in [6.07, 6.45) is 2.47. The molecule has 0 radical (unpaired) electrons. The number of amides is 1. The number of nitrogens with zero attached hydrogens (tertiary/aromatic N) is 1. The molecule has 0 bridgehead atoms. The van der Waals surface area contributed by atoms with Gasteiger partial charge in [-0.2, -0.15) is 0 Å². The molecular formula is C23H27NO4. The highest BCUT2D eigenvalue weighted by molar-refractivity contribution is 5.98. The second-order valence-corrected chi connectivity index (χ2v) is 7.04. The van der Waals surface area contributed by atoms with E-state index in [0.29, 0.717) is 37.4 Å². The molecule has 1 fully saturated rings. The fraction of sp³-hybridized carbons (Fsp3) is 0.391. The number of benzene rings is 2. The average molecular weight is 381 g/mol. The minimum absolute atomic E-state index is 0.00456. The monoisotopic (exact) mass is 381 g/mol. The van der Waals surface area contributed by atoms with Crippen molar-refractivity contribution in [2.75, 3.05) is 27.3 Å². The lowest BCUT2D eigenvalue weighted by atomic mass is 9.88. The Morgan fingerprint density at radius 2 is 1.68 bits per heavy atom. The van der Waals surface area contributed by atoms with Crippen molar-refractivity contribution in [2.45, 2.75) is 25.7 Å². The average Bonchev–Trinajstić information content (AvgIpc) is 2.77. The zero-order chi connectivity index (χ0) is 19.9. The van der Waals surface area contributed by atoms with Crippen LogP contribution >= 0.6 is 0 Å². The Morgan fingerprint density at radius 1 is 0.964 bits per heavy atom. The van der Waals surface area contributed by atoms with Gasteiger partial charge in [-0.1, -0.05) is 42.5 Å². The number of likely N-dealkylation sites (tertiary alicyclic amines) is 1. The van der Waals surface area contributed by atoms with Crippen LogP contribution in [0.5, 0.6) is 11.5 Å². The van der Waals surface area contributed by atoms with E-state index in [4.69, 9.17) is 9.47 Å². The zero-order valence-electron chi connectivity index (χ0n) is 16.5. The summed E-state index contributed by atoms with van der Waals surface area (Å²) >= 11 is 0. The minimum Gasteiger partial charge on any atom is -0.493 e. The molecule has 0 aliphatic carbocycles. The Kier molecular flexibility index (Phi) is 6.69. The number of ketones is 1. The summed E-state index contributed by atoms with van der Waals surface area (Å²) in [6, 6.07) is 15.1. The molecule has 5 nitrogen and oxygen atoms in total. The van der Waals surface area contributed by atoms with Crippen LogP contribution in [0, 0.1) is 5.92 Å². The Hall–Kier alpha value is -2.82. The maximum absolute atomic E-state index is 12.6. The number of hydrogen-bond acceptors (Lipinski definition) is 4. The smallest absolute Gasteiger partial charge is 0.222 e. The van der Waals surface area contributed by atoms with Gasteiger partial charge < -0.3 is 14.4 Å². The van der Waals surface area contributed by atoms with Crippen LogP contribution in [0.3, 0.4) is 0 Å². The van der Waals surface area contributed by atoms with Gasteiger partial charge in [-0.05, 0) is 30.9 Å². The number of carbonyl (C=O) groups excluding carboxylic acids is 2. The van der Waals surface area contributed by atoms with Gasteiger partial charge in [0.2, 0.25) is 5.91 Å². The number of Topliss-reactive ketones (excluding diaryl/α,β-unsaturated/α-hetero) is 1. The number of carbonyl (C=O) groups is 2. The van der Waals surface area contributed by atoms with Crippen LogP contribution in [0.4, 0.5) is 0 Å². The van der Waals surface area contributed by atoms with Gasteiger partial charge in [-0.3, -0.25) is 9.59 Å². The van der Waals surface area contributed by atoms with Gasteiger partial charge in [0.05, 0.1) is 14.2 Å². The predicted octanol–water partition coefficient (Wildman–Crippen LogP) is 3.76. The van der Waals surface area contributed by atoms with Crippen molar-refractivity contribution in [3.63, 3.8) is 0 Å². The van der Waals surface area contributed by atoms with Crippen LogP contribution < -0.4 is 9.47 Å². The van der Waals surface area contributed by atoms with Crippen LogP contribution in [0.15, 0.2) is 48.5 Å². The topological polar surface area (TPSA) is 55.8 Å². The van der Waals surface area contributed by atoms with E-state index < -0.39 is 0 Å². The Morgan fingerprint density at radius 3 is 2.32 bits per heavy atom. The van der Waals surface area contributed by atoms with Crippen molar-refractivity contribution in [1.29, 1.82) is 0 Å². The summed E-state index contributed by atoms with van der Waals surface area (Å²) < 4.78 is 10.8. The van der Waals surface area contributed by atoms with E-state index in [-0.39, 0.29) is 17.6 Å². The minimum atomic E-state index is 0.00456. The number of rotatable bonds is 7. The molecule has 3 rings (SSSR count). The Balaban J connectivity index is 1.53. The molecule has 0 spiro atoms. The molecule has 0 atom stereocenters. The van der Waals surface area contributed by atoms with E-state index in [0.717, 1.165) is 24.0 Å². The molecular weight excluding hydrogens is 354 g/mol. The lowest BCUT2D eigenvalue weighted by Gasteiger charge is -2.31. The summed E-state index contributed by atoms with van der Waals surface area (Å²) in [5.74, 6) is 1.67. The second-order valence-electron chi connectivity index (χ2n) is 7.04. The van der Waals surface area contributed by atoms with Crippen LogP contribution in [-0.4, -0.2) is 43.9 Å². The van der Waals surface area contributed by atoms with Gasteiger partial charge >= 0.3 is 0 Å².